The zero-order valence-corrected chi connectivity index (χ0v) is 10.7. The molecule has 0 aromatic heterocycles. The van der Waals surface area contributed by atoms with Crippen molar-refractivity contribution < 1.29 is 8.42 Å². The van der Waals surface area contributed by atoms with Crippen LogP contribution >= 0.6 is 0 Å². The summed E-state index contributed by atoms with van der Waals surface area (Å²) in [5, 5.41) is 17.4. The van der Waals surface area contributed by atoms with Gasteiger partial charge in [-0.2, -0.15) is 10.5 Å². The topological polar surface area (TPSA) is 93.8 Å². The summed E-state index contributed by atoms with van der Waals surface area (Å²) in [5.74, 6) is -0.638. The molecule has 1 unspecified atom stereocenters. The van der Waals surface area contributed by atoms with Gasteiger partial charge in [-0.25, -0.2) is 13.1 Å². The highest BCUT2D eigenvalue weighted by Gasteiger charge is 2.14. The van der Waals surface area contributed by atoms with Gasteiger partial charge in [0.1, 0.15) is 0 Å². The molecule has 0 spiro atoms. The van der Waals surface area contributed by atoms with Crippen LogP contribution in [0.15, 0.2) is 24.3 Å². The second-order valence-corrected chi connectivity index (χ2v) is 5.71. The summed E-state index contributed by atoms with van der Waals surface area (Å²) >= 11 is 0. The molecule has 1 N–H and O–H groups in total. The summed E-state index contributed by atoms with van der Waals surface area (Å²) in [7, 11) is -3.52. The van der Waals surface area contributed by atoms with Crippen LogP contribution in [0.4, 0.5) is 0 Å². The molecular weight excluding hydrogens is 250 g/mol. The lowest BCUT2D eigenvalue weighted by Gasteiger charge is -2.08. The molecule has 0 aliphatic rings. The Labute approximate surface area is 107 Å². The van der Waals surface area contributed by atoms with Crippen molar-refractivity contribution >= 4 is 10.0 Å². The summed E-state index contributed by atoms with van der Waals surface area (Å²) in [4.78, 5) is 0. The molecule has 0 saturated carbocycles. The predicted molar refractivity (Wildman–Crippen MR) is 66.6 cm³/mol. The summed E-state index contributed by atoms with van der Waals surface area (Å²) in [5.41, 5.74) is 0.799. The largest absolute Gasteiger partial charge is 0.215 e. The third-order valence-electron chi connectivity index (χ3n) is 2.31. The Hall–Kier alpha value is -1.89. The average molecular weight is 263 g/mol. The van der Waals surface area contributed by atoms with Crippen molar-refractivity contribution in [2.45, 2.75) is 12.7 Å². The van der Waals surface area contributed by atoms with Crippen LogP contribution in [0, 0.1) is 28.6 Å². The summed E-state index contributed by atoms with van der Waals surface area (Å²) in [6.07, 6.45) is 0. The van der Waals surface area contributed by atoms with Gasteiger partial charge in [-0.05, 0) is 18.6 Å². The van der Waals surface area contributed by atoms with Gasteiger partial charge in [0.05, 0.1) is 29.4 Å². The highest BCUT2D eigenvalue weighted by Crippen LogP contribution is 2.10. The highest BCUT2D eigenvalue weighted by molar-refractivity contribution is 7.88. The maximum Gasteiger partial charge on any atom is 0.215 e. The number of hydrogen-bond donors (Lipinski definition) is 1. The van der Waals surface area contributed by atoms with E-state index in [0.717, 1.165) is 0 Å². The van der Waals surface area contributed by atoms with Gasteiger partial charge in [0.15, 0.2) is 0 Å². The van der Waals surface area contributed by atoms with Crippen molar-refractivity contribution in [1.82, 2.24) is 4.72 Å². The van der Waals surface area contributed by atoms with Crippen molar-refractivity contribution in [2.24, 2.45) is 5.92 Å². The SMILES string of the molecule is CC(C#N)CNS(=O)(=O)Cc1ccccc1C#N. The maximum atomic E-state index is 11.8. The van der Waals surface area contributed by atoms with Gasteiger partial charge >= 0.3 is 0 Å². The van der Waals surface area contributed by atoms with Gasteiger partial charge in [-0.3, -0.25) is 0 Å². The fourth-order valence-corrected chi connectivity index (χ4v) is 2.58. The van der Waals surface area contributed by atoms with E-state index >= 15 is 0 Å². The normalized spacial score (nSPS) is 12.4. The zero-order valence-electron chi connectivity index (χ0n) is 9.92. The first-order chi connectivity index (χ1) is 8.48. The highest BCUT2D eigenvalue weighted by atomic mass is 32.2. The lowest BCUT2D eigenvalue weighted by Crippen LogP contribution is -2.29. The Bertz CT molecular complexity index is 596. The number of sulfonamides is 1. The smallest absolute Gasteiger partial charge is 0.214 e. The Morgan fingerprint density at radius 1 is 1.33 bits per heavy atom. The van der Waals surface area contributed by atoms with Crippen LogP contribution < -0.4 is 4.72 Å². The zero-order chi connectivity index (χ0) is 13.6. The maximum absolute atomic E-state index is 11.8. The standard InChI is InChI=1S/C12H13N3O2S/c1-10(6-13)8-15-18(16,17)9-12-5-3-2-4-11(12)7-14/h2-5,10,15H,8-9H2,1H3. The van der Waals surface area contributed by atoms with E-state index in [1.54, 1.807) is 31.2 Å². The first-order valence-corrected chi connectivity index (χ1v) is 6.98. The second-order valence-electron chi connectivity index (χ2n) is 3.91. The third kappa shape index (κ3) is 4.17. The van der Waals surface area contributed by atoms with Crippen LogP contribution in [0.25, 0.3) is 0 Å². The minimum absolute atomic E-state index is 0.0769. The van der Waals surface area contributed by atoms with Crippen LogP contribution in [0.5, 0.6) is 0 Å². The van der Waals surface area contributed by atoms with Crippen molar-refractivity contribution in [3.05, 3.63) is 35.4 Å². The molecule has 0 heterocycles. The molecule has 94 valence electrons. The first-order valence-electron chi connectivity index (χ1n) is 5.33. The summed E-state index contributed by atoms with van der Waals surface area (Å²) < 4.78 is 25.9. The average Bonchev–Trinajstić information content (AvgIpc) is 2.36. The summed E-state index contributed by atoms with van der Waals surface area (Å²) in [6.45, 7) is 1.71. The van der Waals surface area contributed by atoms with Crippen LogP contribution in [-0.2, 0) is 15.8 Å². The molecule has 6 heteroatoms. The van der Waals surface area contributed by atoms with E-state index in [-0.39, 0.29) is 18.2 Å². The molecule has 5 nitrogen and oxygen atoms in total. The van der Waals surface area contributed by atoms with Crippen LogP contribution in [0.3, 0.4) is 0 Å². The Kier molecular flexibility index (Phi) is 4.85. The van der Waals surface area contributed by atoms with E-state index < -0.39 is 10.0 Å². The molecule has 0 fully saturated rings. The number of nitrogens with one attached hydrogen (secondary N) is 1. The second kappa shape index (κ2) is 6.15. The van der Waals surface area contributed by atoms with E-state index in [9.17, 15) is 8.42 Å². The molecule has 1 rings (SSSR count). The van der Waals surface area contributed by atoms with Crippen molar-refractivity contribution in [1.29, 1.82) is 10.5 Å². The lowest BCUT2D eigenvalue weighted by molar-refractivity contribution is 0.572. The van der Waals surface area contributed by atoms with Crippen LogP contribution in [0.2, 0.25) is 0 Å². The fourth-order valence-electron chi connectivity index (χ4n) is 1.31. The van der Waals surface area contributed by atoms with Gasteiger partial charge in [0.2, 0.25) is 10.0 Å². The lowest BCUT2D eigenvalue weighted by atomic mass is 10.1. The molecule has 18 heavy (non-hydrogen) atoms. The number of nitriles is 2. The monoisotopic (exact) mass is 263 g/mol. The van der Waals surface area contributed by atoms with E-state index in [1.807, 2.05) is 12.1 Å². The van der Waals surface area contributed by atoms with Gasteiger partial charge < -0.3 is 0 Å². The van der Waals surface area contributed by atoms with Gasteiger partial charge in [-0.1, -0.05) is 18.2 Å². The van der Waals surface area contributed by atoms with E-state index in [1.165, 1.54) is 0 Å². The van der Waals surface area contributed by atoms with Crippen LogP contribution in [0.1, 0.15) is 18.1 Å². The minimum Gasteiger partial charge on any atom is -0.214 e. The van der Waals surface area contributed by atoms with Crippen molar-refractivity contribution in [3.8, 4) is 12.1 Å². The Morgan fingerprint density at radius 3 is 2.61 bits per heavy atom. The van der Waals surface area contributed by atoms with E-state index in [4.69, 9.17) is 10.5 Å². The van der Waals surface area contributed by atoms with Gasteiger partial charge in [-0.15, -0.1) is 0 Å². The quantitative estimate of drug-likeness (QED) is 0.861. The predicted octanol–water partition coefficient (Wildman–Crippen LogP) is 1.14. The minimum atomic E-state index is -3.52. The first kappa shape index (κ1) is 14.2. The number of nitrogens with zero attached hydrogens (tertiary/aromatic N) is 2. The third-order valence-corrected chi connectivity index (χ3v) is 3.61. The van der Waals surface area contributed by atoms with E-state index in [0.29, 0.717) is 11.1 Å². The van der Waals surface area contributed by atoms with Gasteiger partial charge in [0, 0.05) is 6.54 Å². The van der Waals surface area contributed by atoms with Gasteiger partial charge in [0.25, 0.3) is 0 Å². The molecule has 0 saturated heterocycles. The molecule has 0 radical (unpaired) electrons. The summed E-state index contributed by atoms with van der Waals surface area (Å²) in [6, 6.07) is 10.4. The van der Waals surface area contributed by atoms with Crippen LogP contribution in [-0.4, -0.2) is 15.0 Å². The molecule has 0 aliphatic carbocycles. The Balaban J connectivity index is 2.78. The van der Waals surface area contributed by atoms with Crippen molar-refractivity contribution in [2.75, 3.05) is 6.54 Å². The molecule has 1 atom stereocenters. The molecule has 0 aliphatic heterocycles. The number of benzene rings is 1. The molecular formula is C12H13N3O2S. The molecule has 0 bridgehead atoms. The Morgan fingerprint density at radius 2 is 2.00 bits per heavy atom. The van der Waals surface area contributed by atoms with Crippen molar-refractivity contribution in [3.63, 3.8) is 0 Å². The fraction of sp³-hybridized carbons (Fsp3) is 0.333. The molecule has 1 aromatic carbocycles. The molecule has 1 aromatic rings. The number of hydrogen-bond acceptors (Lipinski definition) is 4. The molecule has 0 amide bonds. The van der Waals surface area contributed by atoms with E-state index in [2.05, 4.69) is 4.72 Å². The number of rotatable bonds is 5.